The molecule has 0 N–H and O–H groups in total. The van der Waals surface area contributed by atoms with E-state index in [1.165, 1.54) is 4.57 Å². The Morgan fingerprint density at radius 2 is 2.08 bits per heavy atom. The van der Waals surface area contributed by atoms with E-state index in [1.807, 2.05) is 19.1 Å². The molecule has 3 rings (SSSR count). The molecule has 1 heterocycles. The summed E-state index contributed by atoms with van der Waals surface area (Å²) in [6, 6.07) is 9.00. The molecule has 1 unspecified atom stereocenters. The Hall–Kier alpha value is -2.62. The quantitative estimate of drug-likeness (QED) is 0.615. The molecule has 0 radical (unpaired) electrons. The summed E-state index contributed by atoms with van der Waals surface area (Å²) in [5.41, 5.74) is 2.03. The number of carbonyl (C=O) groups is 1. The molecule has 0 amide bonds. The van der Waals surface area contributed by atoms with Gasteiger partial charge in [0, 0.05) is 17.3 Å². The van der Waals surface area contributed by atoms with Crippen LogP contribution in [0.5, 0.6) is 5.75 Å². The van der Waals surface area contributed by atoms with Crippen LogP contribution in [0.1, 0.15) is 40.7 Å². The van der Waals surface area contributed by atoms with Crippen LogP contribution in [-0.2, 0) is 6.54 Å². The minimum Gasteiger partial charge on any atom is -0.486 e. The van der Waals surface area contributed by atoms with Gasteiger partial charge in [0.25, 0.3) is 5.56 Å². The van der Waals surface area contributed by atoms with Gasteiger partial charge in [-0.1, -0.05) is 12.1 Å². The fourth-order valence-corrected chi connectivity index (χ4v) is 3.02. The van der Waals surface area contributed by atoms with E-state index in [1.54, 1.807) is 31.3 Å². The molecule has 0 bridgehead atoms. The van der Waals surface area contributed by atoms with Gasteiger partial charge in [0.1, 0.15) is 11.9 Å². The number of hydrogen-bond acceptors (Lipinski definition) is 3. The van der Waals surface area contributed by atoms with Crippen molar-refractivity contribution in [3.63, 3.8) is 0 Å². The van der Waals surface area contributed by atoms with Gasteiger partial charge < -0.3 is 9.30 Å². The van der Waals surface area contributed by atoms with Crippen molar-refractivity contribution in [1.82, 2.24) is 4.57 Å². The molecule has 25 heavy (non-hydrogen) atoms. The molecule has 0 saturated heterocycles. The first-order chi connectivity index (χ1) is 12.0. The molecular weight excluding hydrogens is 314 g/mol. The minimum absolute atomic E-state index is 0.0471. The van der Waals surface area contributed by atoms with Gasteiger partial charge >= 0.3 is 0 Å². The fourth-order valence-electron chi connectivity index (χ4n) is 3.02. The maximum atomic E-state index is 12.5. The number of aryl methyl sites for hydroxylation is 2. The highest BCUT2D eigenvalue weighted by Gasteiger charge is 2.14. The Labute approximate surface area is 147 Å². The smallest absolute Gasteiger partial charge is 0.253 e. The molecule has 1 aliphatic carbocycles. The minimum atomic E-state index is -0.128. The maximum absolute atomic E-state index is 12.5. The van der Waals surface area contributed by atoms with E-state index in [2.05, 4.69) is 12.2 Å². The predicted octanol–water partition coefficient (Wildman–Crippen LogP) is 3.84. The van der Waals surface area contributed by atoms with E-state index in [-0.39, 0.29) is 24.0 Å². The van der Waals surface area contributed by atoms with Gasteiger partial charge in [-0.05, 0) is 69.0 Å². The highest BCUT2D eigenvalue weighted by Crippen LogP contribution is 2.24. The predicted molar refractivity (Wildman–Crippen MR) is 98.4 cm³/mol. The van der Waals surface area contributed by atoms with Gasteiger partial charge in [-0.3, -0.25) is 9.59 Å². The zero-order valence-electron chi connectivity index (χ0n) is 14.7. The lowest BCUT2D eigenvalue weighted by Gasteiger charge is -2.20. The van der Waals surface area contributed by atoms with E-state index in [0.717, 1.165) is 30.6 Å². The number of ether oxygens (including phenoxy) is 1. The van der Waals surface area contributed by atoms with Gasteiger partial charge in [0.15, 0.2) is 5.78 Å². The topological polar surface area (TPSA) is 48.3 Å². The van der Waals surface area contributed by atoms with Crippen LogP contribution in [0.25, 0.3) is 0 Å². The first kappa shape index (κ1) is 17.2. The highest BCUT2D eigenvalue weighted by atomic mass is 16.5. The first-order valence-electron chi connectivity index (χ1n) is 8.68. The van der Waals surface area contributed by atoms with Gasteiger partial charge in [0.2, 0.25) is 0 Å². The van der Waals surface area contributed by atoms with Crippen molar-refractivity contribution < 1.29 is 9.53 Å². The third-order valence-electron chi connectivity index (χ3n) is 4.51. The monoisotopic (exact) mass is 337 g/mol. The summed E-state index contributed by atoms with van der Waals surface area (Å²) < 4.78 is 7.47. The molecule has 130 valence electrons. The Kier molecular flexibility index (Phi) is 5.17. The molecule has 1 aromatic carbocycles. The lowest BCUT2D eigenvalue weighted by atomic mass is 10.0. The normalized spacial score (nSPS) is 16.6. The van der Waals surface area contributed by atoms with E-state index in [0.29, 0.717) is 11.1 Å². The average molecular weight is 337 g/mol. The Morgan fingerprint density at radius 1 is 1.24 bits per heavy atom. The Bertz CT molecular complexity index is 864. The van der Waals surface area contributed by atoms with Crippen LogP contribution in [-0.4, -0.2) is 16.5 Å². The number of pyridine rings is 1. The number of allylic oxidation sites excluding steroid dienone is 1. The van der Waals surface area contributed by atoms with Crippen LogP contribution in [0.2, 0.25) is 0 Å². The van der Waals surface area contributed by atoms with Crippen LogP contribution in [0, 0.1) is 13.8 Å². The number of rotatable bonds is 5. The summed E-state index contributed by atoms with van der Waals surface area (Å²) in [5.74, 6) is 0.723. The van der Waals surface area contributed by atoms with Crippen LogP contribution in [0.3, 0.4) is 0 Å². The third-order valence-corrected chi connectivity index (χ3v) is 4.51. The average Bonchev–Trinajstić information content (AvgIpc) is 2.61. The summed E-state index contributed by atoms with van der Waals surface area (Å²) in [5, 5.41) is 0. The summed E-state index contributed by atoms with van der Waals surface area (Å²) in [4.78, 5) is 24.6. The summed E-state index contributed by atoms with van der Waals surface area (Å²) in [6.07, 6.45) is 9.29. The van der Waals surface area contributed by atoms with Crippen molar-refractivity contribution in [2.45, 2.75) is 45.8 Å². The summed E-state index contributed by atoms with van der Waals surface area (Å²) >= 11 is 0. The molecule has 1 aromatic heterocycles. The van der Waals surface area contributed by atoms with Gasteiger partial charge in [0.05, 0.1) is 6.54 Å². The summed E-state index contributed by atoms with van der Waals surface area (Å²) in [6.45, 7) is 3.74. The zero-order chi connectivity index (χ0) is 17.8. The maximum Gasteiger partial charge on any atom is 0.253 e. The number of carbonyl (C=O) groups excluding carboxylic acids is 1. The number of nitrogens with zero attached hydrogens (tertiary/aromatic N) is 1. The standard InChI is InChI=1S/C21H23NO3/c1-15-7-6-12-22(21(15)24)14-19(23)17-10-11-20(16(2)13-17)25-18-8-4-3-5-9-18/h4,6-8,10-13,18H,3,5,9,14H2,1-2H3. The number of hydrogen-bond donors (Lipinski definition) is 0. The second-order valence-electron chi connectivity index (χ2n) is 6.54. The molecule has 0 spiro atoms. The molecule has 0 aliphatic heterocycles. The van der Waals surface area contributed by atoms with Crippen molar-refractivity contribution >= 4 is 5.78 Å². The van der Waals surface area contributed by atoms with E-state index in [4.69, 9.17) is 4.74 Å². The van der Waals surface area contributed by atoms with Crippen LogP contribution in [0.4, 0.5) is 0 Å². The second kappa shape index (κ2) is 7.51. The van der Waals surface area contributed by atoms with Crippen LogP contribution >= 0.6 is 0 Å². The number of Topliss-reactive ketones (excluding diaryl/α,β-unsaturated/α-hetero) is 1. The Balaban J connectivity index is 1.74. The number of benzene rings is 1. The second-order valence-corrected chi connectivity index (χ2v) is 6.54. The first-order valence-corrected chi connectivity index (χ1v) is 8.68. The number of aromatic nitrogens is 1. The van der Waals surface area contributed by atoms with E-state index < -0.39 is 0 Å². The van der Waals surface area contributed by atoms with E-state index >= 15 is 0 Å². The molecule has 2 aromatic rings. The molecule has 1 atom stereocenters. The van der Waals surface area contributed by atoms with Gasteiger partial charge in [-0.2, -0.15) is 0 Å². The third kappa shape index (κ3) is 4.08. The lowest BCUT2D eigenvalue weighted by molar-refractivity contribution is 0.0970. The highest BCUT2D eigenvalue weighted by molar-refractivity contribution is 5.96. The molecule has 4 heteroatoms. The Morgan fingerprint density at radius 3 is 2.80 bits per heavy atom. The molecule has 1 aliphatic rings. The molecular formula is C21H23NO3. The van der Waals surface area contributed by atoms with Gasteiger partial charge in [-0.25, -0.2) is 0 Å². The van der Waals surface area contributed by atoms with Gasteiger partial charge in [-0.15, -0.1) is 0 Å². The number of ketones is 1. The van der Waals surface area contributed by atoms with Crippen LogP contribution in [0.15, 0.2) is 53.5 Å². The SMILES string of the molecule is Cc1cc(C(=O)Cn2cccc(C)c2=O)ccc1OC1C=CCCC1. The largest absolute Gasteiger partial charge is 0.486 e. The lowest BCUT2D eigenvalue weighted by Crippen LogP contribution is -2.25. The van der Waals surface area contributed by atoms with Crippen molar-refractivity contribution in [3.05, 3.63) is 75.7 Å². The van der Waals surface area contributed by atoms with Crippen LogP contribution < -0.4 is 10.3 Å². The van der Waals surface area contributed by atoms with Crippen molar-refractivity contribution in [3.8, 4) is 5.75 Å². The molecule has 0 fully saturated rings. The molecule has 0 saturated carbocycles. The van der Waals surface area contributed by atoms with Crippen molar-refractivity contribution in [1.29, 1.82) is 0 Å². The fraction of sp³-hybridized carbons (Fsp3) is 0.333. The van der Waals surface area contributed by atoms with Crippen molar-refractivity contribution in [2.24, 2.45) is 0 Å². The molecule has 4 nitrogen and oxygen atoms in total. The zero-order valence-corrected chi connectivity index (χ0v) is 14.7. The van der Waals surface area contributed by atoms with E-state index in [9.17, 15) is 9.59 Å². The van der Waals surface area contributed by atoms with Crippen molar-refractivity contribution in [2.75, 3.05) is 0 Å². The summed E-state index contributed by atoms with van der Waals surface area (Å²) in [7, 11) is 0.